The molecular weight excluding hydrogens is 330 g/mol. The minimum atomic E-state index is -0.179. The van der Waals surface area contributed by atoms with Crippen molar-refractivity contribution in [2.75, 3.05) is 21.3 Å². The van der Waals surface area contributed by atoms with Gasteiger partial charge in [-0.25, -0.2) is 0 Å². The predicted molar refractivity (Wildman–Crippen MR) is 91.2 cm³/mol. The lowest BCUT2D eigenvalue weighted by atomic mass is 10.1. The van der Waals surface area contributed by atoms with Gasteiger partial charge in [-0.1, -0.05) is 17.8 Å². The first-order valence-electron chi connectivity index (χ1n) is 7.52. The topological polar surface area (TPSA) is 82.6 Å². The van der Waals surface area contributed by atoms with Crippen molar-refractivity contribution in [2.45, 2.75) is 26.3 Å². The van der Waals surface area contributed by atoms with E-state index in [1.165, 1.54) is 0 Å². The van der Waals surface area contributed by atoms with Crippen LogP contribution in [0, 0.1) is 0 Å². The fourth-order valence-corrected chi connectivity index (χ4v) is 2.91. The molecule has 130 valence electrons. The average molecular weight is 351 g/mol. The molecule has 1 aromatic heterocycles. The number of benzene rings is 1. The molecule has 0 bridgehead atoms. The van der Waals surface area contributed by atoms with E-state index in [1.807, 2.05) is 6.92 Å². The zero-order valence-electron chi connectivity index (χ0n) is 14.2. The van der Waals surface area contributed by atoms with Crippen LogP contribution in [0.4, 0.5) is 0 Å². The molecule has 2 aromatic rings. The Kier molecular flexibility index (Phi) is 6.36. The summed E-state index contributed by atoms with van der Waals surface area (Å²) in [6.45, 7) is 2.37. The summed E-state index contributed by atoms with van der Waals surface area (Å²) in [4.78, 5) is 12.9. The zero-order chi connectivity index (χ0) is 17.5. The van der Waals surface area contributed by atoms with E-state index in [1.54, 1.807) is 33.5 Å². The number of rotatable bonds is 8. The highest BCUT2D eigenvalue weighted by atomic mass is 32.1. The maximum Gasteiger partial charge on any atom is 0.265 e. The van der Waals surface area contributed by atoms with Crippen molar-refractivity contribution in [1.82, 2.24) is 14.9 Å². The van der Waals surface area contributed by atoms with Gasteiger partial charge in [-0.15, -0.1) is 5.10 Å². The van der Waals surface area contributed by atoms with Gasteiger partial charge in [0, 0.05) is 6.54 Å². The fourth-order valence-electron chi connectivity index (χ4n) is 2.28. The van der Waals surface area contributed by atoms with Crippen molar-refractivity contribution in [3.05, 3.63) is 28.3 Å². The Bertz CT molecular complexity index is 677. The molecule has 0 aliphatic carbocycles. The Labute approximate surface area is 145 Å². The minimum absolute atomic E-state index is 0.179. The highest BCUT2D eigenvalue weighted by molar-refractivity contribution is 7.08. The number of amides is 1. The quantitative estimate of drug-likeness (QED) is 0.787. The second kappa shape index (κ2) is 8.49. The predicted octanol–water partition coefficient (Wildman–Crippen LogP) is 2.45. The molecule has 0 atom stereocenters. The molecule has 1 amide bonds. The van der Waals surface area contributed by atoms with Crippen LogP contribution in [0.25, 0.3) is 0 Å². The zero-order valence-corrected chi connectivity index (χ0v) is 15.0. The van der Waals surface area contributed by atoms with Crippen LogP contribution in [0.5, 0.6) is 17.2 Å². The summed E-state index contributed by atoms with van der Waals surface area (Å²) in [5, 5.41) is 6.89. The van der Waals surface area contributed by atoms with Crippen LogP contribution in [-0.2, 0) is 13.0 Å². The van der Waals surface area contributed by atoms with E-state index in [2.05, 4.69) is 14.9 Å². The minimum Gasteiger partial charge on any atom is -0.493 e. The van der Waals surface area contributed by atoms with Gasteiger partial charge in [0.15, 0.2) is 11.5 Å². The number of methoxy groups -OCH3 is 3. The van der Waals surface area contributed by atoms with E-state index in [0.29, 0.717) is 28.7 Å². The third-order valence-electron chi connectivity index (χ3n) is 3.43. The fraction of sp³-hybridized carbons (Fsp3) is 0.438. The molecule has 2 rings (SSSR count). The Morgan fingerprint density at radius 3 is 2.38 bits per heavy atom. The summed E-state index contributed by atoms with van der Waals surface area (Å²) in [7, 11) is 4.66. The van der Waals surface area contributed by atoms with Gasteiger partial charge >= 0.3 is 0 Å². The van der Waals surface area contributed by atoms with Gasteiger partial charge in [0.05, 0.1) is 27.0 Å². The van der Waals surface area contributed by atoms with E-state index in [0.717, 1.165) is 35.6 Å². The SMILES string of the molecule is CCCc1nnsc1C(=O)NCc1cc(OC)c(OC)c(OC)c1. The molecule has 0 saturated heterocycles. The van der Waals surface area contributed by atoms with E-state index >= 15 is 0 Å². The van der Waals surface area contributed by atoms with Gasteiger partial charge in [-0.05, 0) is 35.6 Å². The number of hydrogen-bond donors (Lipinski definition) is 1. The normalized spacial score (nSPS) is 10.3. The van der Waals surface area contributed by atoms with Crippen LogP contribution in [-0.4, -0.2) is 36.8 Å². The Morgan fingerprint density at radius 1 is 1.17 bits per heavy atom. The van der Waals surface area contributed by atoms with E-state index in [9.17, 15) is 4.79 Å². The molecule has 1 N–H and O–H groups in total. The van der Waals surface area contributed by atoms with Crippen molar-refractivity contribution in [2.24, 2.45) is 0 Å². The molecular formula is C16H21N3O4S. The number of aromatic nitrogens is 2. The molecule has 7 nitrogen and oxygen atoms in total. The van der Waals surface area contributed by atoms with Gasteiger partial charge in [0.2, 0.25) is 5.75 Å². The number of carbonyl (C=O) groups is 1. The molecule has 0 saturated carbocycles. The molecule has 0 fully saturated rings. The lowest BCUT2D eigenvalue weighted by Gasteiger charge is -2.14. The first-order valence-corrected chi connectivity index (χ1v) is 8.30. The number of carbonyl (C=O) groups excluding carboxylic acids is 1. The Morgan fingerprint density at radius 2 is 1.83 bits per heavy atom. The van der Waals surface area contributed by atoms with Crippen LogP contribution in [0.1, 0.15) is 34.3 Å². The van der Waals surface area contributed by atoms with E-state index in [4.69, 9.17) is 14.2 Å². The lowest BCUT2D eigenvalue weighted by molar-refractivity contribution is 0.0953. The molecule has 0 aliphatic rings. The first-order chi connectivity index (χ1) is 11.6. The van der Waals surface area contributed by atoms with Crippen molar-refractivity contribution in [3.8, 4) is 17.2 Å². The largest absolute Gasteiger partial charge is 0.493 e. The number of aryl methyl sites for hydroxylation is 1. The van der Waals surface area contributed by atoms with Gasteiger partial charge in [0.25, 0.3) is 5.91 Å². The van der Waals surface area contributed by atoms with Gasteiger partial charge < -0.3 is 19.5 Å². The summed E-state index contributed by atoms with van der Waals surface area (Å²) in [6.07, 6.45) is 1.65. The van der Waals surface area contributed by atoms with Gasteiger partial charge in [-0.3, -0.25) is 4.79 Å². The summed E-state index contributed by atoms with van der Waals surface area (Å²) in [6, 6.07) is 3.61. The molecule has 1 heterocycles. The third kappa shape index (κ3) is 3.94. The van der Waals surface area contributed by atoms with Gasteiger partial charge in [-0.2, -0.15) is 0 Å². The number of hydrogen-bond acceptors (Lipinski definition) is 7. The highest BCUT2D eigenvalue weighted by Gasteiger charge is 2.17. The number of ether oxygens (including phenoxy) is 3. The Hall–Kier alpha value is -2.35. The second-order valence-electron chi connectivity index (χ2n) is 5.02. The molecule has 0 radical (unpaired) electrons. The maximum atomic E-state index is 12.3. The molecule has 8 heteroatoms. The van der Waals surface area contributed by atoms with Crippen LogP contribution >= 0.6 is 11.5 Å². The van der Waals surface area contributed by atoms with E-state index in [-0.39, 0.29) is 5.91 Å². The van der Waals surface area contributed by atoms with Crippen molar-refractivity contribution >= 4 is 17.4 Å². The number of nitrogens with zero attached hydrogens (tertiary/aromatic N) is 2. The molecule has 1 aromatic carbocycles. The van der Waals surface area contributed by atoms with Crippen LogP contribution in [0.2, 0.25) is 0 Å². The van der Waals surface area contributed by atoms with E-state index < -0.39 is 0 Å². The summed E-state index contributed by atoms with van der Waals surface area (Å²) < 4.78 is 19.8. The van der Waals surface area contributed by atoms with Crippen molar-refractivity contribution in [3.63, 3.8) is 0 Å². The molecule has 0 aliphatic heterocycles. The monoisotopic (exact) mass is 351 g/mol. The maximum absolute atomic E-state index is 12.3. The highest BCUT2D eigenvalue weighted by Crippen LogP contribution is 2.38. The smallest absolute Gasteiger partial charge is 0.265 e. The summed E-state index contributed by atoms with van der Waals surface area (Å²) in [5.74, 6) is 1.44. The summed E-state index contributed by atoms with van der Waals surface area (Å²) in [5.41, 5.74) is 1.58. The molecule has 0 unspecified atom stereocenters. The van der Waals surface area contributed by atoms with Crippen LogP contribution < -0.4 is 19.5 Å². The summed E-state index contributed by atoms with van der Waals surface area (Å²) >= 11 is 1.11. The standard InChI is InChI=1S/C16H21N3O4S/c1-5-6-11-15(24-19-18-11)16(20)17-9-10-7-12(21-2)14(23-4)13(8-10)22-3/h7-8H,5-6,9H2,1-4H3,(H,17,20). The molecule has 24 heavy (non-hydrogen) atoms. The molecule has 0 spiro atoms. The Balaban J connectivity index is 2.14. The van der Waals surface area contributed by atoms with Crippen molar-refractivity contribution in [1.29, 1.82) is 0 Å². The first kappa shape index (κ1) is 18.0. The van der Waals surface area contributed by atoms with Crippen LogP contribution in [0.15, 0.2) is 12.1 Å². The van der Waals surface area contributed by atoms with Gasteiger partial charge in [0.1, 0.15) is 4.88 Å². The van der Waals surface area contributed by atoms with Crippen LogP contribution in [0.3, 0.4) is 0 Å². The lowest BCUT2D eigenvalue weighted by Crippen LogP contribution is -2.23. The third-order valence-corrected chi connectivity index (χ3v) is 4.19. The average Bonchev–Trinajstić information content (AvgIpc) is 3.07. The van der Waals surface area contributed by atoms with Crippen molar-refractivity contribution < 1.29 is 19.0 Å². The second-order valence-corrected chi connectivity index (χ2v) is 5.77. The number of nitrogens with one attached hydrogen (secondary N) is 1.